The van der Waals surface area contributed by atoms with E-state index >= 15 is 0 Å². The molecule has 0 aliphatic heterocycles. The fraction of sp³-hybridized carbons (Fsp3) is 0.286. The molecule has 0 aromatic carbocycles. The second kappa shape index (κ2) is 2.09. The van der Waals surface area contributed by atoms with Crippen molar-refractivity contribution in [1.29, 1.82) is 0 Å². The SMILES string of the molecule is CCc1csc2cncn12. The Morgan fingerprint density at radius 2 is 2.60 bits per heavy atom. The molecule has 0 spiro atoms. The minimum absolute atomic E-state index is 1.08. The molecule has 0 radical (unpaired) electrons. The van der Waals surface area contributed by atoms with Crippen molar-refractivity contribution in [2.75, 3.05) is 0 Å². The molecule has 0 saturated heterocycles. The number of thiazole rings is 1. The van der Waals surface area contributed by atoms with Crippen LogP contribution in [0.15, 0.2) is 17.9 Å². The number of aryl methyl sites for hydroxylation is 1. The molecule has 2 aromatic rings. The fourth-order valence-corrected chi connectivity index (χ4v) is 1.96. The highest BCUT2D eigenvalue weighted by Gasteiger charge is 1.98. The third-order valence-corrected chi connectivity index (χ3v) is 2.53. The van der Waals surface area contributed by atoms with Crippen LogP contribution < -0.4 is 0 Å². The maximum atomic E-state index is 4.04. The highest BCUT2D eigenvalue weighted by molar-refractivity contribution is 7.15. The Balaban J connectivity index is 2.76. The van der Waals surface area contributed by atoms with Crippen molar-refractivity contribution in [2.24, 2.45) is 0 Å². The molecule has 2 heterocycles. The van der Waals surface area contributed by atoms with Gasteiger partial charge in [0, 0.05) is 11.1 Å². The van der Waals surface area contributed by atoms with E-state index in [-0.39, 0.29) is 0 Å². The molecule has 3 heteroatoms. The van der Waals surface area contributed by atoms with Crippen molar-refractivity contribution in [3.8, 4) is 0 Å². The first-order valence-corrected chi connectivity index (χ1v) is 4.18. The minimum atomic E-state index is 1.08. The molecule has 0 fully saturated rings. The largest absolute Gasteiger partial charge is 0.294 e. The van der Waals surface area contributed by atoms with Gasteiger partial charge in [-0.1, -0.05) is 6.92 Å². The molecule has 0 saturated carbocycles. The second-order valence-corrected chi connectivity index (χ2v) is 3.07. The first-order valence-electron chi connectivity index (χ1n) is 3.30. The summed E-state index contributed by atoms with van der Waals surface area (Å²) in [4.78, 5) is 5.28. The molecule has 2 aromatic heterocycles. The fourth-order valence-electron chi connectivity index (χ4n) is 1.02. The number of nitrogens with zero attached hydrogens (tertiary/aromatic N) is 2. The van der Waals surface area contributed by atoms with Gasteiger partial charge in [-0.25, -0.2) is 4.98 Å². The first-order chi connectivity index (χ1) is 4.92. The molecule has 0 unspecified atom stereocenters. The molecule has 0 atom stereocenters. The van der Waals surface area contributed by atoms with Crippen LogP contribution in [0.2, 0.25) is 0 Å². The second-order valence-electron chi connectivity index (χ2n) is 2.18. The van der Waals surface area contributed by atoms with Gasteiger partial charge in [0.2, 0.25) is 0 Å². The Labute approximate surface area is 63.1 Å². The van der Waals surface area contributed by atoms with Crippen molar-refractivity contribution in [3.05, 3.63) is 23.6 Å². The van der Waals surface area contributed by atoms with Gasteiger partial charge in [-0.15, -0.1) is 11.3 Å². The van der Waals surface area contributed by atoms with Crippen LogP contribution in [0.25, 0.3) is 4.83 Å². The van der Waals surface area contributed by atoms with Crippen LogP contribution in [-0.4, -0.2) is 9.38 Å². The van der Waals surface area contributed by atoms with Gasteiger partial charge in [-0.05, 0) is 6.42 Å². The van der Waals surface area contributed by atoms with Crippen molar-refractivity contribution in [3.63, 3.8) is 0 Å². The molecular formula is C7H8N2S. The van der Waals surface area contributed by atoms with E-state index in [1.54, 1.807) is 11.3 Å². The van der Waals surface area contributed by atoms with Crippen LogP contribution in [0.4, 0.5) is 0 Å². The Hall–Kier alpha value is -0.830. The summed E-state index contributed by atoms with van der Waals surface area (Å²) in [6.45, 7) is 2.15. The van der Waals surface area contributed by atoms with Gasteiger partial charge in [-0.2, -0.15) is 0 Å². The number of imidazole rings is 1. The Morgan fingerprint density at radius 3 is 3.40 bits per heavy atom. The zero-order chi connectivity index (χ0) is 6.97. The van der Waals surface area contributed by atoms with E-state index < -0.39 is 0 Å². The van der Waals surface area contributed by atoms with Crippen molar-refractivity contribution in [1.82, 2.24) is 9.38 Å². The van der Waals surface area contributed by atoms with E-state index in [4.69, 9.17) is 0 Å². The Kier molecular flexibility index (Phi) is 1.24. The number of hydrogen-bond donors (Lipinski definition) is 0. The summed E-state index contributed by atoms with van der Waals surface area (Å²) in [5.74, 6) is 0. The van der Waals surface area contributed by atoms with Crippen LogP contribution in [-0.2, 0) is 6.42 Å². The van der Waals surface area contributed by atoms with Gasteiger partial charge >= 0.3 is 0 Å². The first kappa shape index (κ1) is 5.92. The highest BCUT2D eigenvalue weighted by atomic mass is 32.1. The standard InChI is InChI=1S/C7H8N2S/c1-2-6-4-10-7-3-8-5-9(6)7/h3-5H,2H2,1H3. The summed E-state index contributed by atoms with van der Waals surface area (Å²) < 4.78 is 2.13. The van der Waals surface area contributed by atoms with Crippen LogP contribution >= 0.6 is 11.3 Å². The third kappa shape index (κ3) is 0.671. The minimum Gasteiger partial charge on any atom is -0.294 e. The van der Waals surface area contributed by atoms with E-state index in [1.165, 1.54) is 10.5 Å². The predicted octanol–water partition coefficient (Wildman–Crippen LogP) is 1.96. The molecule has 0 aliphatic rings. The lowest BCUT2D eigenvalue weighted by Gasteiger charge is -1.88. The van der Waals surface area contributed by atoms with Gasteiger partial charge in [-0.3, -0.25) is 4.40 Å². The normalized spacial score (nSPS) is 10.9. The molecule has 0 amide bonds. The van der Waals surface area contributed by atoms with E-state index in [0.717, 1.165) is 6.42 Å². The van der Waals surface area contributed by atoms with E-state index in [2.05, 4.69) is 21.7 Å². The van der Waals surface area contributed by atoms with Crippen LogP contribution in [0.1, 0.15) is 12.6 Å². The van der Waals surface area contributed by atoms with Gasteiger partial charge in [0.05, 0.1) is 6.20 Å². The number of fused-ring (bicyclic) bond motifs is 1. The van der Waals surface area contributed by atoms with Gasteiger partial charge in [0.1, 0.15) is 11.2 Å². The lowest BCUT2D eigenvalue weighted by Crippen LogP contribution is -1.84. The zero-order valence-electron chi connectivity index (χ0n) is 5.74. The average molecular weight is 152 g/mol. The quantitative estimate of drug-likeness (QED) is 0.610. The van der Waals surface area contributed by atoms with Crippen molar-refractivity contribution >= 4 is 16.2 Å². The number of hydrogen-bond acceptors (Lipinski definition) is 2. The topological polar surface area (TPSA) is 17.3 Å². The third-order valence-electron chi connectivity index (χ3n) is 1.59. The van der Waals surface area contributed by atoms with Crippen LogP contribution in [0.3, 0.4) is 0 Å². The molecule has 2 rings (SSSR count). The predicted molar refractivity (Wildman–Crippen MR) is 42.4 cm³/mol. The van der Waals surface area contributed by atoms with Gasteiger partial charge in [0.15, 0.2) is 0 Å². The number of rotatable bonds is 1. The summed E-state index contributed by atoms with van der Waals surface area (Å²) in [7, 11) is 0. The lowest BCUT2D eigenvalue weighted by molar-refractivity contribution is 0.992. The van der Waals surface area contributed by atoms with Gasteiger partial charge in [0.25, 0.3) is 0 Å². The number of aromatic nitrogens is 2. The highest BCUT2D eigenvalue weighted by Crippen LogP contribution is 2.15. The molecule has 2 nitrogen and oxygen atoms in total. The molecule has 52 valence electrons. The van der Waals surface area contributed by atoms with Crippen molar-refractivity contribution < 1.29 is 0 Å². The maximum absolute atomic E-state index is 4.04. The summed E-state index contributed by atoms with van der Waals surface area (Å²) >= 11 is 1.75. The monoisotopic (exact) mass is 152 g/mol. The zero-order valence-corrected chi connectivity index (χ0v) is 6.56. The molecule has 0 bridgehead atoms. The lowest BCUT2D eigenvalue weighted by atomic mass is 10.4. The van der Waals surface area contributed by atoms with Gasteiger partial charge < -0.3 is 0 Å². The Bertz CT molecular complexity index is 334. The molecule has 0 N–H and O–H groups in total. The smallest absolute Gasteiger partial charge is 0.119 e. The van der Waals surface area contributed by atoms with E-state index in [1.807, 2.05) is 12.5 Å². The molecule has 10 heavy (non-hydrogen) atoms. The summed E-state index contributed by atoms with van der Waals surface area (Å²) in [6.07, 6.45) is 4.84. The van der Waals surface area contributed by atoms with E-state index in [9.17, 15) is 0 Å². The van der Waals surface area contributed by atoms with Crippen molar-refractivity contribution in [2.45, 2.75) is 13.3 Å². The maximum Gasteiger partial charge on any atom is 0.119 e. The van der Waals surface area contributed by atoms with Crippen LogP contribution in [0.5, 0.6) is 0 Å². The summed E-state index contributed by atoms with van der Waals surface area (Å²) in [5, 5.41) is 2.18. The van der Waals surface area contributed by atoms with E-state index in [0.29, 0.717) is 0 Å². The molecule has 0 aliphatic carbocycles. The Morgan fingerprint density at radius 1 is 1.70 bits per heavy atom. The average Bonchev–Trinajstić information content (AvgIpc) is 2.44. The summed E-state index contributed by atoms with van der Waals surface area (Å²) in [5.41, 5.74) is 1.34. The summed E-state index contributed by atoms with van der Waals surface area (Å²) in [6, 6.07) is 0. The molecular weight excluding hydrogens is 144 g/mol. The van der Waals surface area contributed by atoms with Crippen LogP contribution in [0, 0.1) is 0 Å².